The molecule has 2 heterocycles. The summed E-state index contributed by atoms with van der Waals surface area (Å²) in [6, 6.07) is 1.53. The largest absolute Gasteiger partial charge is 0.379 e. The molecule has 4 nitrogen and oxygen atoms in total. The summed E-state index contributed by atoms with van der Waals surface area (Å²) in [4.78, 5) is 5.17. The van der Waals surface area contributed by atoms with Crippen molar-refractivity contribution in [3.8, 4) is 0 Å². The van der Waals surface area contributed by atoms with E-state index in [2.05, 4.69) is 21.7 Å². The van der Waals surface area contributed by atoms with Gasteiger partial charge in [-0.25, -0.2) is 0 Å². The first kappa shape index (κ1) is 13.6. The van der Waals surface area contributed by atoms with Gasteiger partial charge in [0, 0.05) is 51.4 Å². The van der Waals surface area contributed by atoms with Gasteiger partial charge in [-0.05, 0) is 24.8 Å². The van der Waals surface area contributed by atoms with Crippen LogP contribution in [-0.2, 0) is 4.74 Å². The zero-order chi connectivity index (χ0) is 13.1. The lowest BCUT2D eigenvalue weighted by molar-refractivity contribution is 0.0187. The van der Waals surface area contributed by atoms with E-state index in [0.717, 1.165) is 51.5 Å². The van der Waals surface area contributed by atoms with E-state index in [0.29, 0.717) is 0 Å². The van der Waals surface area contributed by atoms with Gasteiger partial charge in [-0.1, -0.05) is 6.58 Å². The second-order valence-corrected chi connectivity index (χ2v) is 6.23. The highest BCUT2D eigenvalue weighted by molar-refractivity contribution is 5.03. The van der Waals surface area contributed by atoms with Crippen molar-refractivity contribution in [1.82, 2.24) is 15.1 Å². The maximum Gasteiger partial charge on any atom is 0.0594 e. The molecule has 3 rings (SSSR count). The van der Waals surface area contributed by atoms with E-state index < -0.39 is 0 Å². The molecule has 4 heteroatoms. The lowest BCUT2D eigenvalue weighted by Gasteiger charge is -2.32. The van der Waals surface area contributed by atoms with Gasteiger partial charge >= 0.3 is 0 Å². The summed E-state index contributed by atoms with van der Waals surface area (Å²) in [5, 5.41) is 3.55. The maximum atomic E-state index is 5.43. The van der Waals surface area contributed by atoms with Gasteiger partial charge in [-0.3, -0.25) is 9.80 Å². The van der Waals surface area contributed by atoms with E-state index in [1.807, 2.05) is 0 Å². The molecule has 1 atom stereocenters. The summed E-state index contributed by atoms with van der Waals surface area (Å²) in [6.07, 6.45) is 4.02. The van der Waals surface area contributed by atoms with Crippen molar-refractivity contribution in [2.75, 3.05) is 52.5 Å². The molecule has 108 valence electrons. The zero-order valence-electron chi connectivity index (χ0n) is 11.9. The first-order valence-corrected chi connectivity index (χ1v) is 7.75. The molecule has 0 bridgehead atoms. The van der Waals surface area contributed by atoms with Crippen molar-refractivity contribution in [2.45, 2.75) is 31.3 Å². The third kappa shape index (κ3) is 4.02. The molecule has 0 spiro atoms. The van der Waals surface area contributed by atoms with Gasteiger partial charge in [-0.15, -0.1) is 0 Å². The van der Waals surface area contributed by atoms with Crippen LogP contribution in [0.3, 0.4) is 0 Å². The summed E-state index contributed by atoms with van der Waals surface area (Å²) < 4.78 is 5.43. The van der Waals surface area contributed by atoms with Crippen molar-refractivity contribution in [3.05, 3.63) is 12.2 Å². The molecule has 1 N–H and O–H groups in total. The quantitative estimate of drug-likeness (QED) is 0.716. The predicted molar refractivity (Wildman–Crippen MR) is 77.4 cm³/mol. The Labute approximate surface area is 116 Å². The van der Waals surface area contributed by atoms with Crippen LogP contribution in [0.5, 0.6) is 0 Å². The summed E-state index contributed by atoms with van der Waals surface area (Å²) in [6.45, 7) is 12.8. The van der Waals surface area contributed by atoms with E-state index in [-0.39, 0.29) is 0 Å². The zero-order valence-corrected chi connectivity index (χ0v) is 11.9. The number of morpholine rings is 1. The molecular formula is C15H27N3O. The van der Waals surface area contributed by atoms with Crippen LogP contribution in [0.1, 0.15) is 19.3 Å². The molecule has 1 saturated carbocycles. The Bertz CT molecular complexity index is 311. The highest BCUT2D eigenvalue weighted by atomic mass is 16.5. The summed E-state index contributed by atoms with van der Waals surface area (Å²) in [7, 11) is 0. The van der Waals surface area contributed by atoms with E-state index in [1.54, 1.807) is 0 Å². The fourth-order valence-electron chi connectivity index (χ4n) is 3.14. The van der Waals surface area contributed by atoms with Crippen LogP contribution in [-0.4, -0.2) is 74.4 Å². The molecule has 2 saturated heterocycles. The first-order chi connectivity index (χ1) is 9.31. The van der Waals surface area contributed by atoms with E-state index in [1.165, 1.54) is 37.9 Å². The molecular weight excluding hydrogens is 238 g/mol. The summed E-state index contributed by atoms with van der Waals surface area (Å²) in [5.74, 6) is 0. The van der Waals surface area contributed by atoms with Gasteiger partial charge < -0.3 is 10.1 Å². The Hall–Kier alpha value is -0.420. The monoisotopic (exact) mass is 265 g/mol. The standard InChI is InChI=1S/C15H27N3O/c1-13(10-16-14-2-3-14)11-17-5-4-15(12-17)18-6-8-19-9-7-18/h14-16H,1-12H2. The van der Waals surface area contributed by atoms with E-state index in [4.69, 9.17) is 4.74 Å². The Morgan fingerprint density at radius 1 is 1.16 bits per heavy atom. The topological polar surface area (TPSA) is 27.7 Å². The minimum absolute atomic E-state index is 0.744. The Morgan fingerprint density at radius 2 is 1.95 bits per heavy atom. The molecule has 0 aromatic heterocycles. The molecule has 0 amide bonds. The molecule has 19 heavy (non-hydrogen) atoms. The van der Waals surface area contributed by atoms with Crippen molar-refractivity contribution in [1.29, 1.82) is 0 Å². The number of nitrogens with zero attached hydrogens (tertiary/aromatic N) is 2. The normalized spacial score (nSPS) is 29.8. The lowest BCUT2D eigenvalue weighted by Crippen LogP contribution is -2.44. The van der Waals surface area contributed by atoms with E-state index >= 15 is 0 Å². The Balaban J connectivity index is 1.36. The number of hydrogen-bond acceptors (Lipinski definition) is 4. The Morgan fingerprint density at radius 3 is 2.68 bits per heavy atom. The number of hydrogen-bond donors (Lipinski definition) is 1. The van der Waals surface area contributed by atoms with Crippen LogP contribution in [0, 0.1) is 0 Å². The van der Waals surface area contributed by atoms with Crippen LogP contribution in [0.2, 0.25) is 0 Å². The molecule has 1 unspecified atom stereocenters. The molecule has 0 aromatic carbocycles. The van der Waals surface area contributed by atoms with Crippen LogP contribution in [0.15, 0.2) is 12.2 Å². The fraction of sp³-hybridized carbons (Fsp3) is 0.867. The van der Waals surface area contributed by atoms with Gasteiger partial charge in [0.1, 0.15) is 0 Å². The second kappa shape index (κ2) is 6.35. The molecule has 2 aliphatic heterocycles. The minimum atomic E-state index is 0.744. The first-order valence-electron chi connectivity index (χ1n) is 7.75. The number of likely N-dealkylation sites (tertiary alicyclic amines) is 1. The minimum Gasteiger partial charge on any atom is -0.379 e. The molecule has 1 aliphatic carbocycles. The van der Waals surface area contributed by atoms with Gasteiger partial charge in [0.2, 0.25) is 0 Å². The second-order valence-electron chi connectivity index (χ2n) is 6.23. The van der Waals surface area contributed by atoms with Crippen molar-refractivity contribution >= 4 is 0 Å². The van der Waals surface area contributed by atoms with Crippen LogP contribution in [0.4, 0.5) is 0 Å². The molecule has 0 radical (unpaired) electrons. The maximum absolute atomic E-state index is 5.43. The molecule has 3 fully saturated rings. The van der Waals surface area contributed by atoms with Gasteiger partial charge in [0.15, 0.2) is 0 Å². The summed E-state index contributed by atoms with van der Waals surface area (Å²) >= 11 is 0. The van der Waals surface area contributed by atoms with Crippen LogP contribution in [0.25, 0.3) is 0 Å². The molecule has 0 aromatic rings. The van der Waals surface area contributed by atoms with Crippen molar-refractivity contribution in [2.24, 2.45) is 0 Å². The van der Waals surface area contributed by atoms with Gasteiger partial charge in [-0.2, -0.15) is 0 Å². The fourth-order valence-corrected chi connectivity index (χ4v) is 3.14. The highest BCUT2D eigenvalue weighted by Gasteiger charge is 2.28. The Kier molecular flexibility index (Phi) is 4.53. The number of rotatable bonds is 6. The number of ether oxygens (including phenoxy) is 1. The van der Waals surface area contributed by atoms with Crippen LogP contribution >= 0.6 is 0 Å². The van der Waals surface area contributed by atoms with Crippen molar-refractivity contribution in [3.63, 3.8) is 0 Å². The average molecular weight is 265 g/mol. The average Bonchev–Trinajstić information content (AvgIpc) is 3.16. The third-order valence-corrected chi connectivity index (χ3v) is 4.47. The third-order valence-electron chi connectivity index (χ3n) is 4.47. The smallest absolute Gasteiger partial charge is 0.0594 e. The predicted octanol–water partition coefficient (Wildman–Crippen LogP) is 0.701. The van der Waals surface area contributed by atoms with Crippen LogP contribution < -0.4 is 5.32 Å². The van der Waals surface area contributed by atoms with E-state index in [9.17, 15) is 0 Å². The van der Waals surface area contributed by atoms with Gasteiger partial charge in [0.05, 0.1) is 13.2 Å². The van der Waals surface area contributed by atoms with Crippen molar-refractivity contribution < 1.29 is 4.74 Å². The molecule has 3 aliphatic rings. The SMILES string of the molecule is C=C(CNC1CC1)CN1CCC(N2CCOCC2)C1. The van der Waals surface area contributed by atoms with Gasteiger partial charge in [0.25, 0.3) is 0 Å². The lowest BCUT2D eigenvalue weighted by atomic mass is 10.2. The number of nitrogens with one attached hydrogen (secondary N) is 1. The summed E-state index contributed by atoms with van der Waals surface area (Å²) in [5.41, 5.74) is 1.34. The highest BCUT2D eigenvalue weighted by Crippen LogP contribution is 2.20.